The van der Waals surface area contributed by atoms with Crippen molar-refractivity contribution in [2.75, 3.05) is 12.3 Å². The third kappa shape index (κ3) is 2.70. The number of anilines is 1. The Morgan fingerprint density at radius 1 is 1.48 bits per heavy atom. The van der Waals surface area contributed by atoms with Crippen molar-refractivity contribution in [1.29, 1.82) is 0 Å². The molecule has 2 aromatic heterocycles. The second-order valence-corrected chi connectivity index (χ2v) is 6.68. The van der Waals surface area contributed by atoms with Crippen molar-refractivity contribution in [3.05, 3.63) is 17.3 Å². The lowest BCUT2D eigenvalue weighted by atomic mass is 9.79. The minimum absolute atomic E-state index is 0.395. The van der Waals surface area contributed by atoms with Gasteiger partial charge in [-0.2, -0.15) is 4.98 Å². The first-order valence-corrected chi connectivity index (χ1v) is 8.34. The molecule has 0 bridgehead atoms. The van der Waals surface area contributed by atoms with Gasteiger partial charge in [0.2, 0.25) is 5.82 Å². The molecule has 21 heavy (non-hydrogen) atoms. The smallest absolute Gasteiger partial charge is 0.261 e. The highest BCUT2D eigenvalue weighted by Crippen LogP contribution is 2.42. The molecule has 0 atom stereocenters. The van der Waals surface area contributed by atoms with E-state index in [1.54, 1.807) is 0 Å². The molecule has 5 nitrogen and oxygen atoms in total. The summed E-state index contributed by atoms with van der Waals surface area (Å²) in [6, 6.07) is 1.91. The van der Waals surface area contributed by atoms with Gasteiger partial charge in [0.1, 0.15) is 5.60 Å². The van der Waals surface area contributed by atoms with Gasteiger partial charge in [0.25, 0.3) is 5.89 Å². The first-order chi connectivity index (χ1) is 10.1. The first-order valence-electron chi connectivity index (χ1n) is 7.46. The highest BCUT2D eigenvalue weighted by molar-refractivity contribution is 7.14. The zero-order chi connectivity index (χ0) is 14.9. The molecule has 1 aliphatic rings. The Morgan fingerprint density at radius 3 is 2.86 bits per heavy atom. The van der Waals surface area contributed by atoms with Crippen molar-refractivity contribution >= 4 is 16.3 Å². The van der Waals surface area contributed by atoms with E-state index in [4.69, 9.17) is 15.0 Å². The molecule has 0 aromatic carbocycles. The number of hydrogen-bond donors (Lipinski definition) is 1. The Bertz CT molecular complexity index is 600. The van der Waals surface area contributed by atoms with Crippen LogP contribution in [0.15, 0.2) is 16.0 Å². The van der Waals surface area contributed by atoms with Crippen molar-refractivity contribution in [1.82, 2.24) is 10.1 Å². The highest BCUT2D eigenvalue weighted by Gasteiger charge is 2.41. The maximum absolute atomic E-state index is 6.05. The zero-order valence-corrected chi connectivity index (χ0v) is 13.3. The Labute approximate surface area is 128 Å². The van der Waals surface area contributed by atoms with Crippen LogP contribution >= 0.6 is 11.3 Å². The molecule has 0 radical (unpaired) electrons. The Hall–Kier alpha value is -1.40. The van der Waals surface area contributed by atoms with E-state index in [1.165, 1.54) is 11.3 Å². The van der Waals surface area contributed by atoms with Gasteiger partial charge in [-0.1, -0.05) is 12.1 Å². The van der Waals surface area contributed by atoms with Gasteiger partial charge < -0.3 is 15.0 Å². The molecular formula is C15H21N3O2S. The van der Waals surface area contributed by atoms with E-state index in [-0.39, 0.29) is 0 Å². The summed E-state index contributed by atoms with van der Waals surface area (Å²) in [7, 11) is 0. The van der Waals surface area contributed by atoms with E-state index in [9.17, 15) is 0 Å². The van der Waals surface area contributed by atoms with Crippen LogP contribution < -0.4 is 5.73 Å². The van der Waals surface area contributed by atoms with E-state index in [2.05, 4.69) is 17.1 Å². The lowest BCUT2D eigenvalue weighted by molar-refractivity contribution is -0.0847. The summed E-state index contributed by atoms with van der Waals surface area (Å²) in [5, 5.41) is 6.82. The summed E-state index contributed by atoms with van der Waals surface area (Å²) in [4.78, 5) is 4.58. The summed E-state index contributed by atoms with van der Waals surface area (Å²) in [5.41, 5.74) is 6.35. The molecule has 1 fully saturated rings. The summed E-state index contributed by atoms with van der Waals surface area (Å²) >= 11 is 1.47. The maximum Gasteiger partial charge on any atom is 0.261 e. The fourth-order valence-electron chi connectivity index (χ4n) is 2.95. The predicted molar refractivity (Wildman–Crippen MR) is 83.0 cm³/mol. The number of nitrogens with two attached hydrogens (primary N) is 1. The van der Waals surface area contributed by atoms with Crippen LogP contribution in [0.25, 0.3) is 11.5 Å². The molecule has 2 N–H and O–H groups in total. The van der Waals surface area contributed by atoms with Gasteiger partial charge in [-0.15, -0.1) is 11.3 Å². The minimum atomic E-state index is -0.395. The number of nitrogen functional groups attached to an aromatic ring is 1. The van der Waals surface area contributed by atoms with Crippen molar-refractivity contribution in [2.45, 2.75) is 45.1 Å². The topological polar surface area (TPSA) is 74.2 Å². The zero-order valence-electron chi connectivity index (χ0n) is 12.5. The average molecular weight is 307 g/mol. The van der Waals surface area contributed by atoms with E-state index >= 15 is 0 Å². The molecule has 0 amide bonds. The first kappa shape index (κ1) is 14.5. The molecule has 1 aliphatic carbocycles. The Morgan fingerprint density at radius 2 is 2.24 bits per heavy atom. The van der Waals surface area contributed by atoms with E-state index < -0.39 is 5.60 Å². The lowest BCUT2D eigenvalue weighted by Gasteiger charge is -2.36. The van der Waals surface area contributed by atoms with Gasteiger partial charge in [0.15, 0.2) is 0 Å². The normalized spacial score (nSPS) is 26.1. The molecule has 2 aromatic rings. The quantitative estimate of drug-likeness (QED) is 0.929. The van der Waals surface area contributed by atoms with Gasteiger partial charge >= 0.3 is 0 Å². The SMILES string of the molecule is CCOC1(c2noc(-c3ccsc3N)n2)CCC(C)CC1. The monoisotopic (exact) mass is 307 g/mol. The fraction of sp³-hybridized carbons (Fsp3) is 0.600. The van der Waals surface area contributed by atoms with Crippen LogP contribution in [0.3, 0.4) is 0 Å². The molecule has 0 spiro atoms. The molecule has 114 valence electrons. The minimum Gasteiger partial charge on any atom is -0.390 e. The van der Waals surface area contributed by atoms with Gasteiger partial charge in [-0.25, -0.2) is 0 Å². The number of hydrogen-bond acceptors (Lipinski definition) is 6. The second kappa shape index (κ2) is 5.77. The molecule has 2 heterocycles. The summed E-state index contributed by atoms with van der Waals surface area (Å²) in [5.74, 6) is 1.88. The van der Waals surface area contributed by atoms with Crippen LogP contribution in [0.1, 0.15) is 45.4 Å². The molecule has 0 unspecified atom stereocenters. The number of aromatic nitrogens is 2. The summed E-state index contributed by atoms with van der Waals surface area (Å²) in [6.45, 7) is 4.94. The third-order valence-electron chi connectivity index (χ3n) is 4.26. The van der Waals surface area contributed by atoms with Crippen molar-refractivity contribution < 1.29 is 9.26 Å². The van der Waals surface area contributed by atoms with Crippen molar-refractivity contribution in [3.63, 3.8) is 0 Å². The van der Waals surface area contributed by atoms with Crippen molar-refractivity contribution in [2.24, 2.45) is 5.92 Å². The van der Waals surface area contributed by atoms with E-state index in [0.717, 1.165) is 37.2 Å². The van der Waals surface area contributed by atoms with Gasteiger partial charge in [-0.3, -0.25) is 0 Å². The molecule has 1 saturated carbocycles. The van der Waals surface area contributed by atoms with E-state index in [1.807, 2.05) is 18.4 Å². The summed E-state index contributed by atoms with van der Waals surface area (Å²) in [6.07, 6.45) is 4.15. The van der Waals surface area contributed by atoms with Crippen LogP contribution in [0, 0.1) is 5.92 Å². The van der Waals surface area contributed by atoms with Crippen LogP contribution in [0.5, 0.6) is 0 Å². The fourth-order valence-corrected chi connectivity index (χ4v) is 3.59. The number of thiophene rings is 1. The Balaban J connectivity index is 1.91. The molecule has 6 heteroatoms. The van der Waals surface area contributed by atoms with E-state index in [0.29, 0.717) is 23.3 Å². The van der Waals surface area contributed by atoms with Crippen LogP contribution in [0.4, 0.5) is 5.00 Å². The van der Waals surface area contributed by atoms with Gasteiger partial charge in [0.05, 0.1) is 10.6 Å². The maximum atomic E-state index is 6.05. The largest absolute Gasteiger partial charge is 0.390 e. The second-order valence-electron chi connectivity index (χ2n) is 5.73. The predicted octanol–water partition coefficient (Wildman–Crippen LogP) is 3.82. The lowest BCUT2D eigenvalue weighted by Crippen LogP contribution is -2.35. The van der Waals surface area contributed by atoms with Crippen LogP contribution in [0.2, 0.25) is 0 Å². The third-order valence-corrected chi connectivity index (χ3v) is 5.01. The van der Waals surface area contributed by atoms with Crippen molar-refractivity contribution in [3.8, 4) is 11.5 Å². The standard InChI is InChI=1S/C15H21N3O2S/c1-3-19-15(7-4-10(2)5-8-15)14-17-13(20-18-14)11-6-9-21-12(11)16/h6,9-10H,3-5,7-8,16H2,1-2H3. The van der Waals surface area contributed by atoms with Crippen LogP contribution in [-0.4, -0.2) is 16.7 Å². The molecule has 3 rings (SSSR count). The van der Waals surface area contributed by atoms with Gasteiger partial charge in [-0.05, 0) is 50.0 Å². The molecule has 0 saturated heterocycles. The van der Waals surface area contributed by atoms with Gasteiger partial charge in [0, 0.05) is 6.61 Å². The Kier molecular flexibility index (Phi) is 3.99. The molecule has 0 aliphatic heterocycles. The number of nitrogens with zero attached hydrogens (tertiary/aromatic N) is 2. The number of rotatable bonds is 4. The van der Waals surface area contributed by atoms with Crippen LogP contribution in [-0.2, 0) is 10.3 Å². The molecular weight excluding hydrogens is 286 g/mol. The summed E-state index contributed by atoms with van der Waals surface area (Å²) < 4.78 is 11.5. The highest BCUT2D eigenvalue weighted by atomic mass is 32.1. The average Bonchev–Trinajstić information content (AvgIpc) is 3.10. The number of ether oxygens (including phenoxy) is 1.